The lowest BCUT2D eigenvalue weighted by Gasteiger charge is -2.19. The van der Waals surface area contributed by atoms with Gasteiger partial charge in [-0.3, -0.25) is 4.99 Å². The molecule has 146 valence electrons. The summed E-state index contributed by atoms with van der Waals surface area (Å²) in [5.41, 5.74) is 1.13. The Hall–Kier alpha value is -1.95. The molecule has 0 bridgehead atoms. The minimum Gasteiger partial charge on any atom is -0.493 e. The van der Waals surface area contributed by atoms with Gasteiger partial charge in [0.25, 0.3) is 0 Å². The predicted octanol–water partition coefficient (Wildman–Crippen LogP) is 2.49. The van der Waals surface area contributed by atoms with Gasteiger partial charge in [-0.2, -0.15) is 0 Å². The molecule has 6 heteroatoms. The summed E-state index contributed by atoms with van der Waals surface area (Å²) in [5, 5.41) is 6.72. The van der Waals surface area contributed by atoms with Crippen molar-refractivity contribution >= 4 is 5.96 Å². The Morgan fingerprint density at radius 3 is 2.58 bits per heavy atom. The van der Waals surface area contributed by atoms with Crippen molar-refractivity contribution < 1.29 is 9.47 Å². The van der Waals surface area contributed by atoms with Gasteiger partial charge in [-0.15, -0.1) is 0 Å². The Labute approximate surface area is 158 Å². The highest BCUT2D eigenvalue weighted by atomic mass is 16.5. The monoisotopic (exact) mass is 362 g/mol. The van der Waals surface area contributed by atoms with Gasteiger partial charge in [0.05, 0.1) is 7.11 Å². The van der Waals surface area contributed by atoms with E-state index in [0.29, 0.717) is 13.2 Å². The number of benzene rings is 1. The predicted molar refractivity (Wildman–Crippen MR) is 107 cm³/mol. The van der Waals surface area contributed by atoms with Gasteiger partial charge in [-0.1, -0.05) is 19.9 Å². The first kappa shape index (κ1) is 20.4. The summed E-state index contributed by atoms with van der Waals surface area (Å²) in [5.74, 6) is 3.22. The van der Waals surface area contributed by atoms with Gasteiger partial charge < -0.3 is 25.0 Å². The summed E-state index contributed by atoms with van der Waals surface area (Å²) in [6, 6.07) is 6.07. The molecule has 6 nitrogen and oxygen atoms in total. The van der Waals surface area contributed by atoms with Crippen LogP contribution in [-0.2, 0) is 6.54 Å². The van der Waals surface area contributed by atoms with Gasteiger partial charge in [0.2, 0.25) is 0 Å². The lowest BCUT2D eigenvalue weighted by molar-refractivity contribution is 0.217. The number of hydrogen-bond acceptors (Lipinski definition) is 4. The van der Waals surface area contributed by atoms with Gasteiger partial charge in [0.1, 0.15) is 6.61 Å². The standard InChI is InChI=1S/C20H34N4O2/c1-5-24(6-2)11-12-26-18-10-9-17(13-19(18)25-4)15-23-20(21-3)22-14-16-7-8-16/h9-10,13,16H,5-8,11-12,14-15H2,1-4H3,(H2,21,22,23). The highest BCUT2D eigenvalue weighted by Gasteiger charge is 2.21. The molecule has 2 rings (SSSR count). The summed E-state index contributed by atoms with van der Waals surface area (Å²) in [6.45, 7) is 9.69. The fourth-order valence-corrected chi connectivity index (χ4v) is 2.74. The molecule has 0 radical (unpaired) electrons. The number of hydrogen-bond donors (Lipinski definition) is 2. The number of likely N-dealkylation sites (N-methyl/N-ethyl adjacent to an activating group) is 1. The number of methoxy groups -OCH3 is 1. The lowest BCUT2D eigenvalue weighted by Crippen LogP contribution is -2.37. The van der Waals surface area contributed by atoms with Gasteiger partial charge in [0, 0.05) is 26.7 Å². The SMILES string of the molecule is CCN(CC)CCOc1ccc(CNC(=NC)NCC2CC2)cc1OC. The van der Waals surface area contributed by atoms with Crippen LogP contribution >= 0.6 is 0 Å². The van der Waals surface area contributed by atoms with Crippen LogP contribution in [0.5, 0.6) is 11.5 Å². The molecule has 0 spiro atoms. The zero-order chi connectivity index (χ0) is 18.8. The third kappa shape index (κ3) is 6.75. The average Bonchev–Trinajstić information content (AvgIpc) is 3.50. The molecule has 26 heavy (non-hydrogen) atoms. The molecule has 1 aliphatic carbocycles. The number of nitrogens with one attached hydrogen (secondary N) is 2. The van der Waals surface area contributed by atoms with E-state index in [1.165, 1.54) is 12.8 Å². The molecule has 0 aromatic heterocycles. The second-order valence-corrected chi connectivity index (χ2v) is 6.61. The molecule has 0 amide bonds. The summed E-state index contributed by atoms with van der Waals surface area (Å²) >= 11 is 0. The van der Waals surface area contributed by atoms with Crippen molar-refractivity contribution in [2.45, 2.75) is 33.2 Å². The summed E-state index contributed by atoms with van der Waals surface area (Å²) in [7, 11) is 3.48. The van der Waals surface area contributed by atoms with Crippen molar-refractivity contribution in [1.82, 2.24) is 15.5 Å². The number of ether oxygens (including phenoxy) is 2. The van der Waals surface area contributed by atoms with Crippen molar-refractivity contribution in [2.75, 3.05) is 46.9 Å². The van der Waals surface area contributed by atoms with Crippen LogP contribution in [-0.4, -0.2) is 57.8 Å². The van der Waals surface area contributed by atoms with Crippen molar-refractivity contribution in [2.24, 2.45) is 10.9 Å². The second-order valence-electron chi connectivity index (χ2n) is 6.61. The summed E-state index contributed by atoms with van der Waals surface area (Å²) in [4.78, 5) is 6.61. The summed E-state index contributed by atoms with van der Waals surface area (Å²) < 4.78 is 11.4. The van der Waals surface area contributed by atoms with Crippen LogP contribution in [0.1, 0.15) is 32.3 Å². The Balaban J connectivity index is 1.83. The van der Waals surface area contributed by atoms with E-state index in [1.54, 1.807) is 14.2 Å². The zero-order valence-electron chi connectivity index (χ0n) is 16.7. The van der Waals surface area contributed by atoms with E-state index >= 15 is 0 Å². The van der Waals surface area contributed by atoms with Crippen LogP contribution in [0.2, 0.25) is 0 Å². The lowest BCUT2D eigenvalue weighted by atomic mass is 10.2. The van der Waals surface area contributed by atoms with E-state index in [2.05, 4.69) is 40.4 Å². The molecule has 0 unspecified atom stereocenters. The molecule has 1 aromatic rings. The molecular formula is C20H34N4O2. The van der Waals surface area contributed by atoms with Gasteiger partial charge in [0.15, 0.2) is 17.5 Å². The van der Waals surface area contributed by atoms with Crippen LogP contribution < -0.4 is 20.1 Å². The molecule has 1 saturated carbocycles. The maximum Gasteiger partial charge on any atom is 0.191 e. The molecular weight excluding hydrogens is 328 g/mol. The van der Waals surface area contributed by atoms with E-state index in [1.807, 2.05) is 12.1 Å². The minimum atomic E-state index is 0.660. The third-order valence-corrected chi connectivity index (χ3v) is 4.73. The Morgan fingerprint density at radius 2 is 1.96 bits per heavy atom. The zero-order valence-corrected chi connectivity index (χ0v) is 16.7. The van der Waals surface area contributed by atoms with Crippen LogP contribution in [0.3, 0.4) is 0 Å². The van der Waals surface area contributed by atoms with Gasteiger partial charge >= 0.3 is 0 Å². The normalized spacial score (nSPS) is 14.4. The Kier molecular flexibility index (Phi) is 8.54. The van der Waals surface area contributed by atoms with E-state index in [-0.39, 0.29) is 0 Å². The first-order valence-corrected chi connectivity index (χ1v) is 9.66. The molecule has 0 saturated heterocycles. The van der Waals surface area contributed by atoms with Crippen molar-refractivity contribution in [3.05, 3.63) is 23.8 Å². The Bertz CT molecular complexity index is 569. The molecule has 2 N–H and O–H groups in total. The third-order valence-electron chi connectivity index (χ3n) is 4.73. The minimum absolute atomic E-state index is 0.660. The fraction of sp³-hybridized carbons (Fsp3) is 0.650. The fourth-order valence-electron chi connectivity index (χ4n) is 2.74. The van der Waals surface area contributed by atoms with E-state index < -0.39 is 0 Å². The van der Waals surface area contributed by atoms with Crippen molar-refractivity contribution in [1.29, 1.82) is 0 Å². The number of aliphatic imine (C=N–C) groups is 1. The maximum atomic E-state index is 5.91. The number of rotatable bonds is 11. The van der Waals surface area contributed by atoms with Crippen LogP contribution in [0.4, 0.5) is 0 Å². The highest BCUT2D eigenvalue weighted by molar-refractivity contribution is 5.79. The molecule has 1 aromatic carbocycles. The summed E-state index contributed by atoms with van der Waals surface area (Å²) in [6.07, 6.45) is 2.66. The largest absolute Gasteiger partial charge is 0.493 e. The average molecular weight is 363 g/mol. The Morgan fingerprint density at radius 1 is 1.19 bits per heavy atom. The van der Waals surface area contributed by atoms with Crippen LogP contribution in [0.25, 0.3) is 0 Å². The van der Waals surface area contributed by atoms with E-state index in [4.69, 9.17) is 9.47 Å². The van der Waals surface area contributed by atoms with Crippen LogP contribution in [0.15, 0.2) is 23.2 Å². The quantitative estimate of drug-likeness (QED) is 0.468. The molecule has 0 heterocycles. The van der Waals surface area contributed by atoms with E-state index in [9.17, 15) is 0 Å². The van der Waals surface area contributed by atoms with Crippen LogP contribution in [0, 0.1) is 5.92 Å². The number of nitrogens with zero attached hydrogens (tertiary/aromatic N) is 2. The number of guanidine groups is 1. The maximum absolute atomic E-state index is 5.91. The topological polar surface area (TPSA) is 58.1 Å². The second kappa shape index (κ2) is 10.9. The molecule has 0 atom stereocenters. The molecule has 1 fully saturated rings. The molecule has 1 aliphatic rings. The first-order valence-electron chi connectivity index (χ1n) is 9.66. The molecule has 0 aliphatic heterocycles. The van der Waals surface area contributed by atoms with E-state index in [0.717, 1.165) is 55.1 Å². The smallest absolute Gasteiger partial charge is 0.191 e. The van der Waals surface area contributed by atoms with Gasteiger partial charge in [-0.25, -0.2) is 0 Å². The van der Waals surface area contributed by atoms with Crippen molar-refractivity contribution in [3.63, 3.8) is 0 Å². The first-order chi connectivity index (χ1) is 12.7. The van der Waals surface area contributed by atoms with Crippen molar-refractivity contribution in [3.8, 4) is 11.5 Å². The highest BCUT2D eigenvalue weighted by Crippen LogP contribution is 2.28. The van der Waals surface area contributed by atoms with Gasteiger partial charge in [-0.05, 0) is 49.5 Å².